The molecule has 0 aromatic rings. The predicted molar refractivity (Wildman–Crippen MR) is 68.7 cm³/mol. The van der Waals surface area contributed by atoms with Crippen molar-refractivity contribution < 1.29 is 4.74 Å². The van der Waals surface area contributed by atoms with Crippen molar-refractivity contribution in [1.29, 1.82) is 0 Å². The van der Waals surface area contributed by atoms with Crippen LogP contribution in [-0.4, -0.2) is 50.8 Å². The number of nitrogens with zero attached hydrogens (tertiary/aromatic N) is 1. The molecular formula is C13H26N2O. The van der Waals surface area contributed by atoms with Crippen molar-refractivity contribution in [3.8, 4) is 0 Å². The van der Waals surface area contributed by atoms with Crippen LogP contribution in [-0.2, 0) is 4.74 Å². The molecule has 0 bridgehead atoms. The van der Waals surface area contributed by atoms with E-state index >= 15 is 0 Å². The minimum Gasteiger partial charge on any atom is -0.380 e. The molecule has 1 saturated heterocycles. The second kappa shape index (κ2) is 7.05. The molecule has 0 amide bonds. The van der Waals surface area contributed by atoms with Crippen LogP contribution < -0.4 is 5.32 Å². The average molecular weight is 226 g/mol. The van der Waals surface area contributed by atoms with Crippen LogP contribution in [0.15, 0.2) is 12.2 Å². The summed E-state index contributed by atoms with van der Waals surface area (Å²) in [4.78, 5) is 2.45. The fourth-order valence-electron chi connectivity index (χ4n) is 2.22. The third kappa shape index (κ3) is 4.24. The maximum absolute atomic E-state index is 5.51. The van der Waals surface area contributed by atoms with Gasteiger partial charge in [0.05, 0.1) is 6.10 Å². The van der Waals surface area contributed by atoms with Crippen molar-refractivity contribution in [1.82, 2.24) is 10.2 Å². The third-order valence-corrected chi connectivity index (χ3v) is 3.35. The number of likely N-dealkylation sites (tertiary alicyclic amines) is 1. The van der Waals surface area contributed by atoms with Crippen molar-refractivity contribution in [2.75, 3.05) is 39.8 Å². The highest BCUT2D eigenvalue weighted by Gasteiger charge is 2.25. The molecule has 1 fully saturated rings. The minimum atomic E-state index is 0.390. The maximum atomic E-state index is 5.51. The molecule has 1 aliphatic rings. The monoisotopic (exact) mass is 226 g/mol. The van der Waals surface area contributed by atoms with Gasteiger partial charge in [0.25, 0.3) is 0 Å². The van der Waals surface area contributed by atoms with Crippen molar-refractivity contribution in [3.63, 3.8) is 0 Å². The summed E-state index contributed by atoms with van der Waals surface area (Å²) in [5, 5.41) is 3.31. The lowest BCUT2D eigenvalue weighted by atomic mass is 9.95. The first-order chi connectivity index (χ1) is 7.67. The summed E-state index contributed by atoms with van der Waals surface area (Å²) in [6.45, 7) is 13.7. The molecule has 1 rings (SSSR count). The summed E-state index contributed by atoms with van der Waals surface area (Å²) >= 11 is 0. The normalized spacial score (nSPS) is 26.9. The fraction of sp³-hybridized carbons (Fsp3) is 0.846. The number of methoxy groups -OCH3 is 1. The Hall–Kier alpha value is -0.380. The van der Waals surface area contributed by atoms with Gasteiger partial charge in [-0.15, -0.1) is 0 Å². The van der Waals surface area contributed by atoms with Crippen molar-refractivity contribution in [3.05, 3.63) is 12.2 Å². The van der Waals surface area contributed by atoms with Gasteiger partial charge in [0.15, 0.2) is 0 Å². The molecule has 0 aliphatic carbocycles. The molecule has 1 N–H and O–H groups in total. The topological polar surface area (TPSA) is 24.5 Å². The van der Waals surface area contributed by atoms with Crippen LogP contribution in [0.5, 0.6) is 0 Å². The van der Waals surface area contributed by atoms with Crippen LogP contribution in [0.2, 0.25) is 0 Å². The van der Waals surface area contributed by atoms with Gasteiger partial charge in [0.1, 0.15) is 0 Å². The van der Waals surface area contributed by atoms with Gasteiger partial charge in [-0.2, -0.15) is 0 Å². The summed E-state index contributed by atoms with van der Waals surface area (Å²) in [6.07, 6.45) is 1.62. The highest BCUT2D eigenvalue weighted by Crippen LogP contribution is 2.19. The van der Waals surface area contributed by atoms with E-state index in [9.17, 15) is 0 Å². The van der Waals surface area contributed by atoms with Crippen molar-refractivity contribution >= 4 is 0 Å². The molecule has 0 aromatic carbocycles. The SMILES string of the molecule is C=C(CNCC)CN1CCC(C)C(OC)C1. The number of piperidine rings is 1. The van der Waals surface area contributed by atoms with E-state index in [0.29, 0.717) is 12.0 Å². The number of hydrogen-bond acceptors (Lipinski definition) is 3. The molecule has 0 radical (unpaired) electrons. The highest BCUT2D eigenvalue weighted by atomic mass is 16.5. The number of rotatable bonds is 6. The first kappa shape index (κ1) is 13.7. The molecule has 0 saturated carbocycles. The molecule has 3 nitrogen and oxygen atoms in total. The fourth-order valence-corrected chi connectivity index (χ4v) is 2.22. The largest absolute Gasteiger partial charge is 0.380 e. The van der Waals surface area contributed by atoms with Crippen LogP contribution in [0.4, 0.5) is 0 Å². The van der Waals surface area contributed by atoms with Crippen LogP contribution >= 0.6 is 0 Å². The lowest BCUT2D eigenvalue weighted by Gasteiger charge is -2.36. The number of nitrogens with one attached hydrogen (secondary N) is 1. The molecule has 2 atom stereocenters. The Bertz CT molecular complexity index is 218. The number of likely N-dealkylation sites (N-methyl/N-ethyl adjacent to an activating group) is 1. The van der Waals surface area contributed by atoms with E-state index in [4.69, 9.17) is 4.74 Å². The van der Waals surface area contributed by atoms with Crippen LogP contribution in [0.1, 0.15) is 20.3 Å². The Morgan fingerprint density at radius 2 is 2.31 bits per heavy atom. The lowest BCUT2D eigenvalue weighted by Crippen LogP contribution is -2.44. The number of ether oxygens (including phenoxy) is 1. The van der Waals surface area contributed by atoms with Gasteiger partial charge in [-0.1, -0.05) is 20.4 Å². The molecular weight excluding hydrogens is 200 g/mol. The second-order valence-electron chi connectivity index (χ2n) is 4.81. The van der Waals surface area contributed by atoms with E-state index in [0.717, 1.165) is 26.2 Å². The smallest absolute Gasteiger partial charge is 0.0724 e. The molecule has 94 valence electrons. The summed E-state index contributed by atoms with van der Waals surface area (Å²) in [6, 6.07) is 0. The van der Waals surface area contributed by atoms with Gasteiger partial charge in [0, 0.05) is 26.7 Å². The first-order valence-electron chi connectivity index (χ1n) is 6.29. The van der Waals surface area contributed by atoms with E-state index in [1.807, 2.05) is 7.11 Å². The van der Waals surface area contributed by atoms with Crippen molar-refractivity contribution in [2.45, 2.75) is 26.4 Å². The summed E-state index contributed by atoms with van der Waals surface area (Å²) in [5.74, 6) is 0.684. The molecule has 0 aromatic heterocycles. The quantitative estimate of drug-likeness (QED) is 0.695. The Morgan fingerprint density at radius 1 is 1.56 bits per heavy atom. The van der Waals surface area contributed by atoms with Gasteiger partial charge in [-0.05, 0) is 31.0 Å². The van der Waals surface area contributed by atoms with Crippen LogP contribution in [0, 0.1) is 5.92 Å². The molecule has 16 heavy (non-hydrogen) atoms. The summed E-state index contributed by atoms with van der Waals surface area (Å²) in [5.41, 5.74) is 1.27. The second-order valence-corrected chi connectivity index (χ2v) is 4.81. The van der Waals surface area contributed by atoms with E-state index < -0.39 is 0 Å². The van der Waals surface area contributed by atoms with Gasteiger partial charge >= 0.3 is 0 Å². The molecule has 1 aliphatic heterocycles. The van der Waals surface area contributed by atoms with E-state index in [-0.39, 0.29) is 0 Å². The summed E-state index contributed by atoms with van der Waals surface area (Å²) < 4.78 is 5.51. The standard InChI is InChI=1S/C13H26N2O/c1-5-14-8-11(2)9-15-7-6-12(3)13(10-15)16-4/h12-14H,2,5-10H2,1,3-4H3. The Balaban J connectivity index is 2.30. The Labute approximate surface area is 99.8 Å². The van der Waals surface area contributed by atoms with Gasteiger partial charge in [-0.25, -0.2) is 0 Å². The zero-order chi connectivity index (χ0) is 12.0. The molecule has 0 spiro atoms. The zero-order valence-electron chi connectivity index (χ0n) is 11.0. The van der Waals surface area contributed by atoms with Gasteiger partial charge in [-0.3, -0.25) is 4.90 Å². The average Bonchev–Trinajstić information content (AvgIpc) is 2.29. The maximum Gasteiger partial charge on any atom is 0.0724 e. The van der Waals surface area contributed by atoms with Crippen LogP contribution in [0.25, 0.3) is 0 Å². The van der Waals surface area contributed by atoms with Gasteiger partial charge in [0.2, 0.25) is 0 Å². The van der Waals surface area contributed by atoms with Crippen LogP contribution in [0.3, 0.4) is 0 Å². The van der Waals surface area contributed by atoms with E-state index in [1.165, 1.54) is 18.5 Å². The first-order valence-corrected chi connectivity index (χ1v) is 6.29. The third-order valence-electron chi connectivity index (χ3n) is 3.35. The number of hydrogen-bond donors (Lipinski definition) is 1. The lowest BCUT2D eigenvalue weighted by molar-refractivity contribution is -0.00209. The van der Waals surface area contributed by atoms with Gasteiger partial charge < -0.3 is 10.1 Å². The van der Waals surface area contributed by atoms with E-state index in [1.54, 1.807) is 0 Å². The molecule has 3 heteroatoms. The minimum absolute atomic E-state index is 0.390. The Morgan fingerprint density at radius 3 is 2.94 bits per heavy atom. The zero-order valence-corrected chi connectivity index (χ0v) is 11.0. The summed E-state index contributed by atoms with van der Waals surface area (Å²) in [7, 11) is 1.82. The molecule has 1 heterocycles. The molecule has 2 unspecified atom stereocenters. The predicted octanol–water partition coefficient (Wildman–Crippen LogP) is 1.51. The van der Waals surface area contributed by atoms with E-state index in [2.05, 4.69) is 30.6 Å². The highest BCUT2D eigenvalue weighted by molar-refractivity contribution is 5.00. The van der Waals surface area contributed by atoms with Crippen molar-refractivity contribution in [2.24, 2.45) is 5.92 Å². The Kier molecular flexibility index (Phi) is 6.03.